The SMILES string of the molecule is CCCOc1ccc(Nc2ncc(C(F)(F)F)c(Nc3ccccc3C(C)C)n2)cc1. The number of nitrogens with zero attached hydrogens (tertiary/aromatic N) is 2. The van der Waals surface area contributed by atoms with Gasteiger partial charge >= 0.3 is 6.18 Å². The fourth-order valence-electron chi connectivity index (χ4n) is 2.97. The molecule has 0 fully saturated rings. The number of ether oxygens (including phenoxy) is 1. The highest BCUT2D eigenvalue weighted by atomic mass is 19.4. The first-order valence-corrected chi connectivity index (χ1v) is 10.1. The molecule has 3 rings (SSSR count). The van der Waals surface area contributed by atoms with E-state index in [9.17, 15) is 13.2 Å². The van der Waals surface area contributed by atoms with Crippen LogP contribution in [0.25, 0.3) is 0 Å². The Morgan fingerprint density at radius 2 is 1.71 bits per heavy atom. The van der Waals surface area contributed by atoms with Gasteiger partial charge in [-0.1, -0.05) is 39.0 Å². The van der Waals surface area contributed by atoms with Gasteiger partial charge in [-0.05, 0) is 48.2 Å². The van der Waals surface area contributed by atoms with Crippen molar-refractivity contribution in [2.75, 3.05) is 17.2 Å². The van der Waals surface area contributed by atoms with Crippen LogP contribution in [0.1, 0.15) is 44.2 Å². The van der Waals surface area contributed by atoms with E-state index in [1.54, 1.807) is 36.4 Å². The molecule has 0 bridgehead atoms. The van der Waals surface area contributed by atoms with E-state index in [-0.39, 0.29) is 17.7 Å². The maximum Gasteiger partial charge on any atom is 0.421 e. The van der Waals surface area contributed by atoms with E-state index in [1.165, 1.54) is 0 Å². The van der Waals surface area contributed by atoms with Crippen molar-refractivity contribution in [3.8, 4) is 5.75 Å². The zero-order valence-corrected chi connectivity index (χ0v) is 17.6. The van der Waals surface area contributed by atoms with Crippen LogP contribution in [0.5, 0.6) is 5.75 Å². The molecular weight excluding hydrogens is 405 g/mol. The van der Waals surface area contributed by atoms with E-state index in [4.69, 9.17) is 4.74 Å². The minimum atomic E-state index is -4.59. The molecule has 0 radical (unpaired) electrons. The summed E-state index contributed by atoms with van der Waals surface area (Å²) in [5.74, 6) is 0.597. The summed E-state index contributed by atoms with van der Waals surface area (Å²) in [6.07, 6.45) is -2.91. The number of aromatic nitrogens is 2. The first-order valence-electron chi connectivity index (χ1n) is 10.1. The molecule has 0 aliphatic carbocycles. The lowest BCUT2D eigenvalue weighted by Crippen LogP contribution is -2.13. The summed E-state index contributed by atoms with van der Waals surface area (Å²) in [5, 5.41) is 5.80. The van der Waals surface area contributed by atoms with Crippen LogP contribution in [-0.4, -0.2) is 16.6 Å². The average molecular weight is 430 g/mol. The van der Waals surface area contributed by atoms with Crippen molar-refractivity contribution in [3.05, 3.63) is 65.9 Å². The van der Waals surface area contributed by atoms with Gasteiger partial charge in [-0.25, -0.2) is 4.98 Å². The van der Waals surface area contributed by atoms with Crippen LogP contribution >= 0.6 is 0 Å². The van der Waals surface area contributed by atoms with Gasteiger partial charge in [0, 0.05) is 17.6 Å². The maximum atomic E-state index is 13.6. The van der Waals surface area contributed by atoms with Crippen molar-refractivity contribution in [2.45, 2.75) is 39.3 Å². The molecule has 0 aliphatic rings. The van der Waals surface area contributed by atoms with E-state index in [1.807, 2.05) is 32.9 Å². The quantitative estimate of drug-likeness (QED) is 0.407. The summed E-state index contributed by atoms with van der Waals surface area (Å²) in [6.45, 7) is 6.59. The number of benzene rings is 2. The van der Waals surface area contributed by atoms with Crippen molar-refractivity contribution >= 4 is 23.1 Å². The number of nitrogens with one attached hydrogen (secondary N) is 2. The maximum absolute atomic E-state index is 13.6. The molecule has 5 nitrogen and oxygen atoms in total. The number of rotatable bonds is 8. The Bertz CT molecular complexity index is 1000. The van der Waals surface area contributed by atoms with Gasteiger partial charge in [-0.2, -0.15) is 18.2 Å². The van der Waals surface area contributed by atoms with Gasteiger partial charge in [0.1, 0.15) is 17.1 Å². The lowest BCUT2D eigenvalue weighted by atomic mass is 10.0. The highest BCUT2D eigenvalue weighted by Gasteiger charge is 2.35. The third-order valence-corrected chi connectivity index (χ3v) is 4.51. The van der Waals surface area contributed by atoms with E-state index in [2.05, 4.69) is 20.6 Å². The minimum Gasteiger partial charge on any atom is -0.494 e. The molecule has 8 heteroatoms. The molecule has 2 aromatic carbocycles. The zero-order chi connectivity index (χ0) is 22.4. The fraction of sp³-hybridized carbons (Fsp3) is 0.304. The van der Waals surface area contributed by atoms with E-state index in [0.717, 1.165) is 18.2 Å². The Kier molecular flexibility index (Phi) is 6.99. The monoisotopic (exact) mass is 430 g/mol. The Balaban J connectivity index is 1.89. The molecule has 1 aromatic heterocycles. The zero-order valence-electron chi connectivity index (χ0n) is 17.6. The molecule has 0 aliphatic heterocycles. The molecule has 31 heavy (non-hydrogen) atoms. The predicted molar refractivity (Wildman–Crippen MR) is 116 cm³/mol. The van der Waals surface area contributed by atoms with Gasteiger partial charge in [0.15, 0.2) is 0 Å². The lowest BCUT2D eigenvalue weighted by molar-refractivity contribution is -0.137. The number of hydrogen-bond donors (Lipinski definition) is 2. The second kappa shape index (κ2) is 9.68. The highest BCUT2D eigenvalue weighted by Crippen LogP contribution is 2.36. The van der Waals surface area contributed by atoms with Crippen molar-refractivity contribution in [3.63, 3.8) is 0 Å². The van der Waals surface area contributed by atoms with Crippen molar-refractivity contribution in [1.29, 1.82) is 0 Å². The number of halogens is 3. The summed E-state index contributed by atoms with van der Waals surface area (Å²) in [4.78, 5) is 7.98. The summed E-state index contributed by atoms with van der Waals surface area (Å²) >= 11 is 0. The topological polar surface area (TPSA) is 59.1 Å². The fourth-order valence-corrected chi connectivity index (χ4v) is 2.97. The first-order chi connectivity index (χ1) is 14.8. The van der Waals surface area contributed by atoms with E-state index in [0.29, 0.717) is 23.7 Å². The van der Waals surface area contributed by atoms with Crippen molar-refractivity contribution < 1.29 is 17.9 Å². The number of para-hydroxylation sites is 1. The summed E-state index contributed by atoms with van der Waals surface area (Å²) in [7, 11) is 0. The normalized spacial score (nSPS) is 11.5. The van der Waals surface area contributed by atoms with Gasteiger partial charge in [0.25, 0.3) is 0 Å². The number of anilines is 4. The second-order valence-electron chi connectivity index (χ2n) is 7.32. The van der Waals surface area contributed by atoms with Crippen LogP contribution in [0.15, 0.2) is 54.7 Å². The van der Waals surface area contributed by atoms with Gasteiger partial charge in [-0.3, -0.25) is 0 Å². The minimum absolute atomic E-state index is 0.0553. The van der Waals surface area contributed by atoms with Crippen molar-refractivity contribution in [1.82, 2.24) is 9.97 Å². The van der Waals surface area contributed by atoms with E-state index < -0.39 is 11.7 Å². The molecule has 0 spiro atoms. The standard InChI is InChI=1S/C23H25F3N4O/c1-4-13-31-17-11-9-16(10-12-17)28-22-27-14-19(23(24,25)26)21(30-22)29-20-8-6-5-7-18(20)15(2)3/h5-12,14-15H,4,13H2,1-3H3,(H2,27,28,29,30). The largest absolute Gasteiger partial charge is 0.494 e. The van der Waals surface area contributed by atoms with Crippen LogP contribution in [0.4, 0.5) is 36.3 Å². The molecule has 0 atom stereocenters. The molecule has 164 valence electrons. The molecular formula is C23H25F3N4O. The van der Waals surface area contributed by atoms with Gasteiger partial charge in [0.2, 0.25) is 5.95 Å². The first kappa shape index (κ1) is 22.4. The molecule has 0 saturated heterocycles. The summed E-state index contributed by atoms with van der Waals surface area (Å²) in [5.41, 5.74) is 1.17. The molecule has 0 amide bonds. The Labute approximate surface area is 179 Å². The van der Waals surface area contributed by atoms with Gasteiger partial charge in [-0.15, -0.1) is 0 Å². The summed E-state index contributed by atoms with van der Waals surface area (Å²) in [6, 6.07) is 14.3. The van der Waals surface area contributed by atoms with Crippen LogP contribution in [-0.2, 0) is 6.18 Å². The van der Waals surface area contributed by atoms with Crippen LogP contribution < -0.4 is 15.4 Å². The Hall–Kier alpha value is -3.29. The van der Waals surface area contributed by atoms with Crippen molar-refractivity contribution in [2.24, 2.45) is 0 Å². The molecule has 2 N–H and O–H groups in total. The Morgan fingerprint density at radius 3 is 2.35 bits per heavy atom. The number of alkyl halides is 3. The van der Waals surface area contributed by atoms with Gasteiger partial charge < -0.3 is 15.4 Å². The lowest BCUT2D eigenvalue weighted by Gasteiger charge is -2.18. The third kappa shape index (κ3) is 5.87. The summed E-state index contributed by atoms with van der Waals surface area (Å²) < 4.78 is 46.2. The average Bonchev–Trinajstić information content (AvgIpc) is 2.73. The molecule has 0 unspecified atom stereocenters. The number of hydrogen-bond acceptors (Lipinski definition) is 5. The van der Waals surface area contributed by atoms with Crippen LogP contribution in [0.2, 0.25) is 0 Å². The second-order valence-corrected chi connectivity index (χ2v) is 7.32. The van der Waals surface area contributed by atoms with Gasteiger partial charge in [0.05, 0.1) is 6.61 Å². The smallest absolute Gasteiger partial charge is 0.421 e. The molecule has 1 heterocycles. The van der Waals surface area contributed by atoms with E-state index >= 15 is 0 Å². The highest BCUT2D eigenvalue weighted by molar-refractivity contribution is 5.66. The van der Waals surface area contributed by atoms with Crippen LogP contribution in [0.3, 0.4) is 0 Å². The van der Waals surface area contributed by atoms with Crippen LogP contribution in [0, 0.1) is 0 Å². The molecule has 0 saturated carbocycles. The Morgan fingerprint density at radius 1 is 1.00 bits per heavy atom. The molecule has 3 aromatic rings. The third-order valence-electron chi connectivity index (χ3n) is 4.51. The predicted octanol–water partition coefficient (Wildman–Crippen LogP) is 6.89.